The summed E-state index contributed by atoms with van der Waals surface area (Å²) in [5.41, 5.74) is 2.77. The van der Waals surface area contributed by atoms with Crippen LogP contribution in [0.15, 0.2) is 48.8 Å². The van der Waals surface area contributed by atoms with E-state index in [9.17, 15) is 9.59 Å². The zero-order valence-corrected chi connectivity index (χ0v) is 13.4. The average molecular weight is 323 g/mol. The summed E-state index contributed by atoms with van der Waals surface area (Å²) in [4.78, 5) is 27.6. The minimum atomic E-state index is -0.282. The second kappa shape index (κ2) is 6.54. The zero-order chi connectivity index (χ0) is 17.1. The number of fused-ring (bicyclic) bond motifs is 1. The van der Waals surface area contributed by atoms with Crippen LogP contribution >= 0.6 is 0 Å². The Morgan fingerprint density at radius 1 is 1.21 bits per heavy atom. The molecular weight excluding hydrogens is 306 g/mol. The van der Waals surface area contributed by atoms with E-state index < -0.39 is 0 Å². The van der Waals surface area contributed by atoms with E-state index in [0.717, 1.165) is 5.69 Å². The van der Waals surface area contributed by atoms with Gasteiger partial charge in [-0.2, -0.15) is 0 Å². The molecule has 0 atom stereocenters. The number of aryl methyl sites for hydroxylation is 1. The Morgan fingerprint density at radius 3 is 2.67 bits per heavy atom. The van der Waals surface area contributed by atoms with E-state index in [1.165, 1.54) is 6.92 Å². The molecule has 6 nitrogen and oxygen atoms in total. The average Bonchev–Trinajstić information content (AvgIpc) is 2.94. The van der Waals surface area contributed by atoms with Crippen LogP contribution in [-0.2, 0) is 4.79 Å². The highest BCUT2D eigenvalue weighted by atomic mass is 16.5. The van der Waals surface area contributed by atoms with Crippen LogP contribution in [0.2, 0.25) is 0 Å². The highest BCUT2D eigenvalue weighted by Gasteiger charge is 2.09. The molecule has 3 rings (SSSR count). The van der Waals surface area contributed by atoms with Gasteiger partial charge in [0, 0.05) is 23.6 Å². The van der Waals surface area contributed by atoms with Gasteiger partial charge in [-0.1, -0.05) is 0 Å². The van der Waals surface area contributed by atoms with Gasteiger partial charge in [-0.25, -0.2) is 4.98 Å². The van der Waals surface area contributed by atoms with Crippen LogP contribution in [0.25, 0.3) is 5.65 Å². The summed E-state index contributed by atoms with van der Waals surface area (Å²) >= 11 is 0. The summed E-state index contributed by atoms with van der Waals surface area (Å²) in [6.45, 7) is 3.27. The van der Waals surface area contributed by atoms with E-state index in [1.807, 2.05) is 29.8 Å². The second-order valence-electron chi connectivity index (χ2n) is 5.46. The molecule has 122 valence electrons. The maximum Gasteiger partial charge on any atom is 0.262 e. The van der Waals surface area contributed by atoms with Crippen molar-refractivity contribution < 1.29 is 14.3 Å². The third-order valence-corrected chi connectivity index (χ3v) is 3.50. The van der Waals surface area contributed by atoms with E-state index >= 15 is 0 Å². The number of benzene rings is 1. The van der Waals surface area contributed by atoms with Gasteiger partial charge in [0.05, 0.1) is 5.69 Å². The van der Waals surface area contributed by atoms with Crippen molar-refractivity contribution in [2.75, 3.05) is 11.9 Å². The maximum absolute atomic E-state index is 12.0. The number of ether oxygens (including phenoxy) is 1. The number of aromatic nitrogens is 2. The molecule has 0 radical (unpaired) electrons. The number of carbonyl (C=O) groups excluding carboxylic acids is 2. The van der Waals surface area contributed by atoms with Crippen molar-refractivity contribution in [3.63, 3.8) is 0 Å². The second-order valence-corrected chi connectivity index (χ2v) is 5.46. The molecule has 0 saturated heterocycles. The molecule has 1 amide bonds. The van der Waals surface area contributed by atoms with Gasteiger partial charge in [-0.3, -0.25) is 9.59 Å². The van der Waals surface area contributed by atoms with Crippen LogP contribution in [0.5, 0.6) is 5.75 Å². The topological polar surface area (TPSA) is 72.7 Å². The number of ketones is 1. The molecule has 0 saturated carbocycles. The lowest BCUT2D eigenvalue weighted by molar-refractivity contribution is -0.118. The maximum atomic E-state index is 12.0. The Balaban J connectivity index is 1.63. The van der Waals surface area contributed by atoms with E-state index in [-0.39, 0.29) is 18.3 Å². The number of nitrogens with zero attached hydrogens (tertiary/aromatic N) is 2. The van der Waals surface area contributed by atoms with Crippen LogP contribution < -0.4 is 10.1 Å². The summed E-state index contributed by atoms with van der Waals surface area (Å²) in [7, 11) is 0. The first-order valence-electron chi connectivity index (χ1n) is 7.51. The molecule has 6 heteroatoms. The molecule has 0 aliphatic carbocycles. The highest BCUT2D eigenvalue weighted by molar-refractivity contribution is 5.96. The number of amides is 1. The van der Waals surface area contributed by atoms with Crippen molar-refractivity contribution in [2.24, 2.45) is 0 Å². The first-order valence-corrected chi connectivity index (χ1v) is 7.51. The fourth-order valence-corrected chi connectivity index (χ4v) is 2.35. The predicted molar refractivity (Wildman–Crippen MR) is 90.5 cm³/mol. The summed E-state index contributed by atoms with van der Waals surface area (Å²) in [6.07, 6.45) is 3.76. The van der Waals surface area contributed by atoms with Crippen molar-refractivity contribution in [1.29, 1.82) is 0 Å². The standard InChI is InChI=1S/C18H17N3O3/c1-12-10-21-9-3-4-16(18(21)19-12)24-11-17(23)20-15-7-5-14(6-8-15)13(2)22/h3-10H,11H2,1-2H3,(H,20,23). The van der Waals surface area contributed by atoms with Crippen LogP contribution in [-0.4, -0.2) is 27.7 Å². The smallest absolute Gasteiger partial charge is 0.262 e. The third-order valence-electron chi connectivity index (χ3n) is 3.50. The number of Topliss-reactive ketones (excluding diaryl/α,β-unsaturated/α-hetero) is 1. The van der Waals surface area contributed by atoms with E-state index in [2.05, 4.69) is 10.3 Å². The predicted octanol–water partition coefficient (Wildman–Crippen LogP) is 2.86. The van der Waals surface area contributed by atoms with Gasteiger partial charge < -0.3 is 14.5 Å². The zero-order valence-electron chi connectivity index (χ0n) is 13.4. The Hall–Kier alpha value is -3.15. The Labute approximate surface area is 139 Å². The summed E-state index contributed by atoms with van der Waals surface area (Å²) < 4.78 is 7.43. The van der Waals surface area contributed by atoms with Crippen molar-refractivity contribution in [3.05, 3.63) is 60.0 Å². The number of pyridine rings is 1. The number of hydrogen-bond acceptors (Lipinski definition) is 4. The Bertz CT molecular complexity index is 898. The highest BCUT2D eigenvalue weighted by Crippen LogP contribution is 2.18. The van der Waals surface area contributed by atoms with Gasteiger partial charge in [-0.15, -0.1) is 0 Å². The number of carbonyl (C=O) groups is 2. The fourth-order valence-electron chi connectivity index (χ4n) is 2.35. The molecule has 0 bridgehead atoms. The Morgan fingerprint density at radius 2 is 1.96 bits per heavy atom. The molecule has 24 heavy (non-hydrogen) atoms. The largest absolute Gasteiger partial charge is 0.480 e. The minimum Gasteiger partial charge on any atom is -0.480 e. The number of imidazole rings is 1. The molecule has 2 aromatic heterocycles. The van der Waals surface area contributed by atoms with Gasteiger partial charge in [-0.05, 0) is 50.2 Å². The molecule has 2 heterocycles. The molecular formula is C18H17N3O3. The number of rotatable bonds is 5. The minimum absolute atomic E-state index is 0.0145. The molecule has 1 aromatic carbocycles. The molecule has 1 N–H and O–H groups in total. The normalized spacial score (nSPS) is 10.6. The first-order chi connectivity index (χ1) is 11.5. The summed E-state index contributed by atoms with van der Waals surface area (Å²) in [5, 5.41) is 2.73. The van der Waals surface area contributed by atoms with Gasteiger partial charge in [0.1, 0.15) is 0 Å². The number of nitrogens with one attached hydrogen (secondary N) is 1. The fraction of sp³-hybridized carbons (Fsp3) is 0.167. The number of anilines is 1. The van der Waals surface area contributed by atoms with Crippen LogP contribution in [0.3, 0.4) is 0 Å². The molecule has 0 spiro atoms. The lowest BCUT2D eigenvalue weighted by atomic mass is 10.1. The summed E-state index contributed by atoms with van der Waals surface area (Å²) in [5.74, 6) is 0.253. The quantitative estimate of drug-likeness (QED) is 0.733. The molecule has 3 aromatic rings. The van der Waals surface area contributed by atoms with Crippen molar-refractivity contribution in [2.45, 2.75) is 13.8 Å². The molecule has 0 aliphatic rings. The van der Waals surface area contributed by atoms with Crippen LogP contribution in [0.1, 0.15) is 23.0 Å². The van der Waals surface area contributed by atoms with Crippen LogP contribution in [0, 0.1) is 6.92 Å². The molecule has 0 aliphatic heterocycles. The van der Waals surface area contributed by atoms with E-state index in [1.54, 1.807) is 30.3 Å². The SMILES string of the molecule is CC(=O)c1ccc(NC(=O)COc2cccn3cc(C)nc23)cc1. The van der Waals surface area contributed by atoms with E-state index in [4.69, 9.17) is 4.74 Å². The lowest BCUT2D eigenvalue weighted by Gasteiger charge is -2.08. The van der Waals surface area contributed by atoms with Crippen LogP contribution in [0.4, 0.5) is 5.69 Å². The van der Waals surface area contributed by atoms with E-state index in [0.29, 0.717) is 22.6 Å². The van der Waals surface area contributed by atoms with Gasteiger partial charge in [0.15, 0.2) is 23.8 Å². The monoisotopic (exact) mass is 323 g/mol. The van der Waals surface area contributed by atoms with Crippen molar-refractivity contribution >= 4 is 23.0 Å². The van der Waals surface area contributed by atoms with Crippen molar-refractivity contribution in [3.8, 4) is 5.75 Å². The number of hydrogen-bond donors (Lipinski definition) is 1. The molecule has 0 unspecified atom stereocenters. The summed E-state index contributed by atoms with van der Waals surface area (Å²) in [6, 6.07) is 10.3. The van der Waals surface area contributed by atoms with Gasteiger partial charge in [0.25, 0.3) is 5.91 Å². The van der Waals surface area contributed by atoms with Gasteiger partial charge >= 0.3 is 0 Å². The third kappa shape index (κ3) is 3.43. The molecule has 0 fully saturated rings. The Kier molecular flexibility index (Phi) is 4.29. The first kappa shape index (κ1) is 15.7. The van der Waals surface area contributed by atoms with Gasteiger partial charge in [0.2, 0.25) is 0 Å². The van der Waals surface area contributed by atoms with Crippen molar-refractivity contribution in [1.82, 2.24) is 9.38 Å². The lowest BCUT2D eigenvalue weighted by Crippen LogP contribution is -2.20.